The summed E-state index contributed by atoms with van der Waals surface area (Å²) in [6, 6.07) is 7.36. The van der Waals surface area contributed by atoms with E-state index in [1.54, 1.807) is 0 Å². The third kappa shape index (κ3) is 5.25. The molecule has 0 radical (unpaired) electrons. The van der Waals surface area contributed by atoms with Gasteiger partial charge in [0.15, 0.2) is 0 Å². The molecule has 0 aliphatic carbocycles. The first-order valence-corrected chi connectivity index (χ1v) is 7.24. The van der Waals surface area contributed by atoms with Crippen molar-refractivity contribution in [3.05, 3.63) is 35.2 Å². The molecule has 0 bridgehead atoms. The van der Waals surface area contributed by atoms with Crippen molar-refractivity contribution in [2.45, 2.75) is 20.4 Å². The van der Waals surface area contributed by atoms with E-state index in [4.69, 9.17) is 21.9 Å². The van der Waals surface area contributed by atoms with E-state index < -0.39 is 0 Å². The minimum Gasteiger partial charge on any atom is -0.338 e. The third-order valence-corrected chi connectivity index (χ3v) is 3.48. The van der Waals surface area contributed by atoms with Gasteiger partial charge in [-0.15, -0.1) is 12.4 Å². The van der Waals surface area contributed by atoms with E-state index in [-0.39, 0.29) is 17.8 Å². The molecule has 2 aromatic rings. The number of hydrogen-bond acceptors (Lipinski definition) is 5. The van der Waals surface area contributed by atoms with Gasteiger partial charge in [0.25, 0.3) is 0 Å². The maximum atomic E-state index is 5.87. The highest BCUT2D eigenvalue weighted by atomic mass is 35.5. The van der Waals surface area contributed by atoms with Crippen LogP contribution >= 0.6 is 24.0 Å². The van der Waals surface area contributed by atoms with Gasteiger partial charge in [0.2, 0.25) is 11.7 Å². The Balaban J connectivity index is 0.00000242. The molecule has 122 valence electrons. The van der Waals surface area contributed by atoms with Crippen LogP contribution in [0.25, 0.3) is 11.4 Å². The summed E-state index contributed by atoms with van der Waals surface area (Å²) < 4.78 is 5.30. The molecule has 1 aromatic carbocycles. The van der Waals surface area contributed by atoms with E-state index in [1.807, 2.05) is 31.3 Å². The first-order valence-electron chi connectivity index (χ1n) is 6.87. The number of rotatable bonds is 6. The van der Waals surface area contributed by atoms with E-state index in [0.29, 0.717) is 29.8 Å². The van der Waals surface area contributed by atoms with Gasteiger partial charge in [-0.1, -0.05) is 30.6 Å². The van der Waals surface area contributed by atoms with Crippen molar-refractivity contribution in [2.24, 2.45) is 11.1 Å². The van der Waals surface area contributed by atoms with Crippen molar-refractivity contribution >= 4 is 24.0 Å². The Morgan fingerprint density at radius 2 is 1.91 bits per heavy atom. The molecular weight excluding hydrogens is 323 g/mol. The van der Waals surface area contributed by atoms with Gasteiger partial charge in [-0.3, -0.25) is 4.90 Å². The SMILES string of the molecule is CN(Cc1nc(-c2ccc(Cl)cc2)no1)CC(C)(C)CN.Cl. The number of halogens is 2. The van der Waals surface area contributed by atoms with Gasteiger partial charge in [0, 0.05) is 17.1 Å². The Labute approximate surface area is 142 Å². The molecule has 5 nitrogen and oxygen atoms in total. The molecule has 0 amide bonds. The average Bonchev–Trinajstić information content (AvgIpc) is 2.87. The second kappa shape index (κ2) is 7.92. The van der Waals surface area contributed by atoms with Crippen molar-refractivity contribution in [2.75, 3.05) is 20.1 Å². The topological polar surface area (TPSA) is 68.2 Å². The molecule has 7 heteroatoms. The fourth-order valence-corrected chi connectivity index (χ4v) is 2.24. The zero-order chi connectivity index (χ0) is 15.5. The van der Waals surface area contributed by atoms with Gasteiger partial charge in [-0.25, -0.2) is 0 Å². The Morgan fingerprint density at radius 3 is 2.50 bits per heavy atom. The second-order valence-corrected chi connectivity index (χ2v) is 6.50. The molecule has 0 saturated carbocycles. The quantitative estimate of drug-likeness (QED) is 0.871. The number of nitrogens with two attached hydrogens (primary N) is 1. The minimum absolute atomic E-state index is 0. The van der Waals surface area contributed by atoms with Crippen molar-refractivity contribution in [3.8, 4) is 11.4 Å². The summed E-state index contributed by atoms with van der Waals surface area (Å²) in [4.78, 5) is 6.54. The Hall–Kier alpha value is -1.14. The number of hydrogen-bond donors (Lipinski definition) is 1. The van der Waals surface area contributed by atoms with Gasteiger partial charge in [0.1, 0.15) is 0 Å². The van der Waals surface area contributed by atoms with E-state index in [9.17, 15) is 0 Å². The highest BCUT2D eigenvalue weighted by Gasteiger charge is 2.19. The lowest BCUT2D eigenvalue weighted by atomic mass is 9.93. The van der Waals surface area contributed by atoms with Crippen LogP contribution in [0.1, 0.15) is 19.7 Å². The molecule has 0 unspecified atom stereocenters. The van der Waals surface area contributed by atoms with Gasteiger partial charge in [-0.05, 0) is 43.3 Å². The lowest BCUT2D eigenvalue weighted by Crippen LogP contribution is -2.36. The Bertz CT molecular complexity index is 583. The minimum atomic E-state index is 0. The normalized spacial score (nSPS) is 11.5. The summed E-state index contributed by atoms with van der Waals surface area (Å²) in [6.07, 6.45) is 0. The van der Waals surface area contributed by atoms with Gasteiger partial charge in [0.05, 0.1) is 6.54 Å². The fraction of sp³-hybridized carbons (Fsp3) is 0.467. The number of benzene rings is 1. The van der Waals surface area contributed by atoms with Crippen LogP contribution in [0.4, 0.5) is 0 Å². The second-order valence-electron chi connectivity index (χ2n) is 6.06. The summed E-state index contributed by atoms with van der Waals surface area (Å²) in [7, 11) is 2.02. The smallest absolute Gasteiger partial charge is 0.241 e. The van der Waals surface area contributed by atoms with Crippen LogP contribution in [0, 0.1) is 5.41 Å². The Kier molecular flexibility index (Phi) is 6.81. The fourth-order valence-electron chi connectivity index (χ4n) is 2.12. The molecule has 0 saturated heterocycles. The van der Waals surface area contributed by atoms with Crippen LogP contribution in [0.5, 0.6) is 0 Å². The zero-order valence-electron chi connectivity index (χ0n) is 13.0. The molecule has 0 fully saturated rings. The molecule has 0 spiro atoms. The summed E-state index contributed by atoms with van der Waals surface area (Å²) in [6.45, 7) is 6.37. The Morgan fingerprint density at radius 1 is 1.27 bits per heavy atom. The molecule has 1 heterocycles. The maximum Gasteiger partial charge on any atom is 0.241 e. The van der Waals surface area contributed by atoms with Crippen LogP contribution in [0.15, 0.2) is 28.8 Å². The molecule has 0 atom stereocenters. The van der Waals surface area contributed by atoms with E-state index >= 15 is 0 Å². The van der Waals surface area contributed by atoms with Crippen LogP contribution in [0.3, 0.4) is 0 Å². The van der Waals surface area contributed by atoms with E-state index in [2.05, 4.69) is 28.9 Å². The van der Waals surface area contributed by atoms with Crippen LogP contribution < -0.4 is 5.73 Å². The maximum absolute atomic E-state index is 5.87. The molecule has 22 heavy (non-hydrogen) atoms. The molecule has 1 aromatic heterocycles. The van der Waals surface area contributed by atoms with Crippen LogP contribution in [-0.2, 0) is 6.54 Å². The predicted octanol–water partition coefficient (Wildman–Crippen LogP) is 3.23. The van der Waals surface area contributed by atoms with Crippen LogP contribution in [0.2, 0.25) is 5.02 Å². The van der Waals surface area contributed by atoms with Crippen molar-refractivity contribution in [3.63, 3.8) is 0 Å². The van der Waals surface area contributed by atoms with Crippen molar-refractivity contribution < 1.29 is 4.52 Å². The molecular formula is C15H22Cl2N4O. The van der Waals surface area contributed by atoms with Gasteiger partial charge < -0.3 is 10.3 Å². The summed E-state index contributed by atoms with van der Waals surface area (Å²) >= 11 is 5.87. The van der Waals surface area contributed by atoms with Gasteiger partial charge >= 0.3 is 0 Å². The average molecular weight is 345 g/mol. The lowest BCUT2D eigenvalue weighted by molar-refractivity contribution is 0.189. The standard InChI is InChI=1S/C15H21ClN4O.ClH/c1-15(2,9-17)10-20(3)8-13-18-14(19-21-13)11-4-6-12(16)7-5-11;/h4-7H,8-10,17H2,1-3H3;1H. The highest BCUT2D eigenvalue weighted by molar-refractivity contribution is 6.30. The third-order valence-electron chi connectivity index (χ3n) is 3.23. The zero-order valence-corrected chi connectivity index (χ0v) is 14.6. The summed E-state index contributed by atoms with van der Waals surface area (Å²) in [5.41, 5.74) is 6.70. The highest BCUT2D eigenvalue weighted by Crippen LogP contribution is 2.20. The summed E-state index contributed by atoms with van der Waals surface area (Å²) in [5, 5.41) is 4.69. The predicted molar refractivity (Wildman–Crippen MR) is 91.2 cm³/mol. The van der Waals surface area contributed by atoms with Crippen LogP contribution in [-0.4, -0.2) is 35.2 Å². The summed E-state index contributed by atoms with van der Waals surface area (Å²) in [5.74, 6) is 1.17. The first-order chi connectivity index (χ1) is 9.89. The van der Waals surface area contributed by atoms with Crippen molar-refractivity contribution in [1.82, 2.24) is 15.0 Å². The first kappa shape index (κ1) is 18.9. The molecule has 0 aliphatic rings. The molecule has 2 N–H and O–H groups in total. The number of aromatic nitrogens is 2. The van der Waals surface area contributed by atoms with Crippen molar-refractivity contribution in [1.29, 1.82) is 0 Å². The lowest BCUT2D eigenvalue weighted by Gasteiger charge is -2.27. The molecule has 0 aliphatic heterocycles. The number of nitrogens with zero attached hydrogens (tertiary/aromatic N) is 3. The molecule has 2 rings (SSSR count). The van der Waals surface area contributed by atoms with E-state index in [1.165, 1.54) is 0 Å². The largest absolute Gasteiger partial charge is 0.338 e. The monoisotopic (exact) mass is 344 g/mol. The van der Waals surface area contributed by atoms with E-state index in [0.717, 1.165) is 12.1 Å². The van der Waals surface area contributed by atoms with Gasteiger partial charge in [-0.2, -0.15) is 4.98 Å².